The summed E-state index contributed by atoms with van der Waals surface area (Å²) in [5.41, 5.74) is 0.535. The van der Waals surface area contributed by atoms with Gasteiger partial charge in [0.15, 0.2) is 0 Å². The molecule has 0 saturated heterocycles. The molecule has 1 heterocycles. The van der Waals surface area contributed by atoms with E-state index in [1.165, 1.54) is 17.2 Å². The molecular formula is C24H27BrClFN2O3S. The number of rotatable bonds is 6. The summed E-state index contributed by atoms with van der Waals surface area (Å²) in [5.74, 6) is -0.660. The van der Waals surface area contributed by atoms with Crippen molar-refractivity contribution in [2.45, 2.75) is 57.2 Å². The van der Waals surface area contributed by atoms with E-state index in [-0.39, 0.29) is 18.1 Å². The summed E-state index contributed by atoms with van der Waals surface area (Å²) in [4.78, 5) is 14.8. The van der Waals surface area contributed by atoms with Crippen LogP contribution in [0, 0.1) is 5.82 Å². The zero-order valence-electron chi connectivity index (χ0n) is 19.0. The fourth-order valence-corrected chi connectivity index (χ4v) is 4.90. The van der Waals surface area contributed by atoms with E-state index >= 15 is 0 Å². The van der Waals surface area contributed by atoms with Crippen LogP contribution in [0.5, 0.6) is 0 Å². The van der Waals surface area contributed by atoms with E-state index in [4.69, 9.17) is 16.3 Å². The van der Waals surface area contributed by atoms with E-state index in [0.29, 0.717) is 22.1 Å². The van der Waals surface area contributed by atoms with Gasteiger partial charge in [0.2, 0.25) is 0 Å². The van der Waals surface area contributed by atoms with E-state index in [9.17, 15) is 13.7 Å². The van der Waals surface area contributed by atoms with Crippen LogP contribution in [-0.2, 0) is 28.1 Å². The highest BCUT2D eigenvalue weighted by molar-refractivity contribution is 9.10. The summed E-state index contributed by atoms with van der Waals surface area (Å²) in [6.45, 7) is 7.69. The van der Waals surface area contributed by atoms with Gasteiger partial charge in [0.05, 0.1) is 23.5 Å². The molecular weight excluding hydrogens is 531 g/mol. The van der Waals surface area contributed by atoms with E-state index in [1.54, 1.807) is 0 Å². The van der Waals surface area contributed by atoms with Crippen LogP contribution in [0.15, 0.2) is 45.3 Å². The van der Waals surface area contributed by atoms with Gasteiger partial charge < -0.3 is 9.29 Å². The van der Waals surface area contributed by atoms with Crippen LogP contribution >= 0.6 is 27.5 Å². The Morgan fingerprint density at radius 1 is 1.39 bits per heavy atom. The molecule has 2 aromatic carbocycles. The number of fused-ring (bicyclic) bond motifs is 1. The monoisotopic (exact) mass is 556 g/mol. The zero-order valence-corrected chi connectivity index (χ0v) is 22.2. The SMILES string of the molecule is CCCCOC(=O)N1c2cc(F)c(Cl)c(Br)c2C[C@@]1(C=N[S+]([O-])C(C)(C)C)c1ccccc1. The molecule has 0 bridgehead atoms. The fourth-order valence-electron chi connectivity index (χ4n) is 3.61. The van der Waals surface area contributed by atoms with Crippen molar-refractivity contribution in [1.82, 2.24) is 0 Å². The maximum absolute atomic E-state index is 14.7. The molecule has 3 rings (SSSR count). The number of amides is 1. The number of ether oxygens (including phenoxy) is 1. The summed E-state index contributed by atoms with van der Waals surface area (Å²) < 4.78 is 37.2. The van der Waals surface area contributed by atoms with Gasteiger partial charge in [-0.2, -0.15) is 0 Å². The van der Waals surface area contributed by atoms with Crippen molar-refractivity contribution in [2.24, 2.45) is 4.40 Å². The highest BCUT2D eigenvalue weighted by atomic mass is 79.9. The molecule has 0 saturated carbocycles. The summed E-state index contributed by atoms with van der Waals surface area (Å²) >= 11 is 8.01. The summed E-state index contributed by atoms with van der Waals surface area (Å²) in [6, 6.07) is 10.5. The highest BCUT2D eigenvalue weighted by Gasteiger charge is 2.50. The van der Waals surface area contributed by atoms with E-state index in [0.717, 1.165) is 12.0 Å². The Morgan fingerprint density at radius 2 is 2.06 bits per heavy atom. The van der Waals surface area contributed by atoms with Gasteiger partial charge in [-0.25, -0.2) is 9.18 Å². The molecule has 0 N–H and O–H groups in total. The summed E-state index contributed by atoms with van der Waals surface area (Å²) in [7, 11) is 0. The normalized spacial score (nSPS) is 19.1. The molecule has 1 aliphatic rings. The molecule has 0 aromatic heterocycles. The number of hydrogen-bond acceptors (Lipinski definition) is 4. The molecule has 2 atom stereocenters. The molecule has 33 heavy (non-hydrogen) atoms. The number of carbonyl (C=O) groups excluding carboxylic acids is 1. The average Bonchev–Trinajstić information content (AvgIpc) is 3.11. The molecule has 1 aliphatic heterocycles. The van der Waals surface area contributed by atoms with Crippen LogP contribution < -0.4 is 4.90 Å². The molecule has 2 aromatic rings. The predicted molar refractivity (Wildman–Crippen MR) is 136 cm³/mol. The third-order valence-corrected chi connectivity index (χ3v) is 8.21. The van der Waals surface area contributed by atoms with Crippen LogP contribution in [0.3, 0.4) is 0 Å². The number of anilines is 1. The minimum absolute atomic E-state index is 0.0629. The smallest absolute Gasteiger partial charge is 0.415 e. The van der Waals surface area contributed by atoms with Crippen molar-refractivity contribution < 1.29 is 18.5 Å². The lowest BCUT2D eigenvalue weighted by Crippen LogP contribution is -2.49. The first-order valence-electron chi connectivity index (χ1n) is 10.7. The van der Waals surface area contributed by atoms with Crippen molar-refractivity contribution in [1.29, 1.82) is 0 Å². The average molecular weight is 558 g/mol. The van der Waals surface area contributed by atoms with Gasteiger partial charge in [0, 0.05) is 10.9 Å². The fraction of sp³-hybridized carbons (Fsp3) is 0.417. The van der Waals surface area contributed by atoms with Crippen molar-refractivity contribution >= 4 is 56.9 Å². The number of carbonyl (C=O) groups is 1. The summed E-state index contributed by atoms with van der Waals surface area (Å²) in [5, 5.41) is -0.0629. The molecule has 0 aliphatic carbocycles. The van der Waals surface area contributed by atoms with Gasteiger partial charge in [0.1, 0.15) is 27.5 Å². The molecule has 0 fully saturated rings. The topological polar surface area (TPSA) is 65.0 Å². The Hall–Kier alpha value is -1.61. The first-order valence-corrected chi connectivity index (χ1v) is 13.0. The number of halogens is 3. The second kappa shape index (κ2) is 10.3. The largest absolute Gasteiger partial charge is 0.591 e. The predicted octanol–water partition coefficient (Wildman–Crippen LogP) is 6.97. The summed E-state index contributed by atoms with van der Waals surface area (Å²) in [6.07, 6.45) is 2.71. The standard InChI is InChI=1S/C24H27BrClFN2O3S/c1-5-6-12-32-22(30)29-19-13-18(27)21(26)20(25)17(19)14-24(29,16-10-8-7-9-11-16)15-28-33(31)23(2,3)4/h7-11,13,15H,5-6,12,14H2,1-4H3/t24-,33?/m1/s1. The Morgan fingerprint density at radius 3 is 2.67 bits per heavy atom. The Labute approximate surface area is 210 Å². The molecule has 0 spiro atoms. The lowest BCUT2D eigenvalue weighted by atomic mass is 9.87. The minimum Gasteiger partial charge on any atom is -0.591 e. The zero-order chi connectivity index (χ0) is 24.4. The molecule has 1 unspecified atom stereocenters. The number of unbranched alkanes of at least 4 members (excludes halogenated alkanes) is 1. The number of nitrogens with zero attached hydrogens (tertiary/aromatic N) is 2. The van der Waals surface area contributed by atoms with Gasteiger partial charge >= 0.3 is 6.09 Å². The quantitative estimate of drug-likeness (QED) is 0.167. The first-order chi connectivity index (χ1) is 15.5. The molecule has 5 nitrogen and oxygen atoms in total. The number of hydrogen-bond donors (Lipinski definition) is 0. The van der Waals surface area contributed by atoms with Crippen molar-refractivity contribution in [3.63, 3.8) is 0 Å². The van der Waals surface area contributed by atoms with Crippen LogP contribution in [0.4, 0.5) is 14.9 Å². The van der Waals surface area contributed by atoms with Gasteiger partial charge in [-0.05, 0) is 60.3 Å². The van der Waals surface area contributed by atoms with Crippen LogP contribution in [0.2, 0.25) is 5.02 Å². The maximum Gasteiger partial charge on any atom is 0.415 e. The van der Waals surface area contributed by atoms with Crippen molar-refractivity contribution in [2.75, 3.05) is 11.5 Å². The first kappa shape index (κ1) is 26.0. The highest BCUT2D eigenvalue weighted by Crippen LogP contribution is 2.49. The van der Waals surface area contributed by atoms with Gasteiger partial charge in [-0.15, -0.1) is 0 Å². The van der Waals surface area contributed by atoms with Gasteiger partial charge in [-0.1, -0.05) is 59.7 Å². The third-order valence-electron chi connectivity index (χ3n) is 5.39. The van der Waals surface area contributed by atoms with E-state index in [2.05, 4.69) is 20.3 Å². The lowest BCUT2D eigenvalue weighted by molar-refractivity contribution is 0.148. The number of benzene rings is 2. The Balaban J connectivity index is 2.23. The second-order valence-corrected chi connectivity index (χ2v) is 12.0. The van der Waals surface area contributed by atoms with Crippen LogP contribution in [-0.4, -0.2) is 28.2 Å². The molecule has 178 valence electrons. The maximum atomic E-state index is 14.7. The van der Waals surface area contributed by atoms with Gasteiger partial charge in [0.25, 0.3) is 0 Å². The molecule has 0 radical (unpaired) electrons. The second-order valence-electron chi connectivity index (χ2n) is 8.85. The van der Waals surface area contributed by atoms with Crippen LogP contribution in [0.1, 0.15) is 51.7 Å². The van der Waals surface area contributed by atoms with Crippen LogP contribution in [0.25, 0.3) is 0 Å². The molecule has 1 amide bonds. The van der Waals surface area contributed by atoms with E-state index in [1.807, 2.05) is 58.0 Å². The van der Waals surface area contributed by atoms with E-state index < -0.39 is 33.6 Å². The minimum atomic E-state index is -1.57. The van der Waals surface area contributed by atoms with Crippen molar-refractivity contribution in [3.8, 4) is 0 Å². The lowest BCUT2D eigenvalue weighted by Gasteiger charge is -2.35. The Kier molecular flexibility index (Phi) is 8.15. The Bertz CT molecular complexity index is 1050. The van der Waals surface area contributed by atoms with Crippen molar-refractivity contribution in [3.05, 3.63) is 62.8 Å². The molecule has 9 heteroatoms. The van der Waals surface area contributed by atoms with Gasteiger partial charge in [-0.3, -0.25) is 4.90 Å². The third kappa shape index (κ3) is 5.24.